The Bertz CT molecular complexity index is 1030. The van der Waals surface area contributed by atoms with Crippen molar-refractivity contribution in [1.29, 1.82) is 0 Å². The van der Waals surface area contributed by atoms with Crippen molar-refractivity contribution in [1.82, 2.24) is 15.5 Å². The van der Waals surface area contributed by atoms with Crippen molar-refractivity contribution in [2.75, 3.05) is 6.54 Å². The molecule has 0 bridgehead atoms. The summed E-state index contributed by atoms with van der Waals surface area (Å²) in [5.74, 6) is 1.16. The van der Waals surface area contributed by atoms with E-state index in [0.29, 0.717) is 0 Å². The molecule has 0 radical (unpaired) electrons. The summed E-state index contributed by atoms with van der Waals surface area (Å²) in [4.78, 5) is 27.5. The summed E-state index contributed by atoms with van der Waals surface area (Å²) >= 11 is 0. The maximum Gasteiger partial charge on any atom is 0.268 e. The molecule has 0 fully saturated rings. The number of nitrogens with one attached hydrogen (secondary N) is 2. The van der Waals surface area contributed by atoms with Crippen LogP contribution in [0.2, 0.25) is 0 Å². The van der Waals surface area contributed by atoms with Gasteiger partial charge in [-0.2, -0.15) is 0 Å². The smallest absolute Gasteiger partial charge is 0.268 e. The molecular formula is C19H14FN3O3. The largest absolute Gasteiger partial charge is 0.360 e. The minimum atomic E-state index is -0.515. The van der Waals surface area contributed by atoms with Crippen LogP contribution in [-0.4, -0.2) is 28.4 Å². The molecule has 0 aliphatic rings. The zero-order valence-corrected chi connectivity index (χ0v) is 13.8. The number of hydrogen-bond donors (Lipinski definition) is 2. The molecule has 2 heterocycles. The van der Waals surface area contributed by atoms with Crippen LogP contribution in [0.3, 0.4) is 0 Å². The molecular weight excluding hydrogens is 337 g/mol. The highest BCUT2D eigenvalue weighted by atomic mass is 19.1. The third-order valence-electron chi connectivity index (χ3n) is 3.76. The summed E-state index contributed by atoms with van der Waals surface area (Å²) in [5.41, 5.74) is 0.829. The summed E-state index contributed by atoms with van der Waals surface area (Å²) in [6.07, 6.45) is 6.49. The van der Waals surface area contributed by atoms with E-state index in [-0.39, 0.29) is 40.4 Å². The Labute approximate surface area is 148 Å². The number of ketones is 1. The SMILES string of the molecule is C#CCNC(=O)c1cc(C(=O)c2c(-c3ccccc3F)noc2C)c[nH]1. The predicted molar refractivity (Wildman–Crippen MR) is 92.0 cm³/mol. The number of rotatable bonds is 5. The van der Waals surface area contributed by atoms with E-state index in [1.807, 2.05) is 0 Å². The standard InChI is InChI=1S/C19H14FN3O3/c1-3-8-21-19(25)15-9-12(10-22-15)18(24)16-11(2)26-23-17(16)13-6-4-5-7-14(13)20/h1,4-7,9-10,22H,8H2,2H3,(H,21,25). The average molecular weight is 351 g/mol. The van der Waals surface area contributed by atoms with Crippen LogP contribution in [0, 0.1) is 25.1 Å². The quantitative estimate of drug-likeness (QED) is 0.546. The number of halogens is 1. The van der Waals surface area contributed by atoms with Crippen molar-refractivity contribution in [3.63, 3.8) is 0 Å². The zero-order valence-electron chi connectivity index (χ0n) is 13.8. The van der Waals surface area contributed by atoms with Gasteiger partial charge in [0, 0.05) is 17.3 Å². The summed E-state index contributed by atoms with van der Waals surface area (Å²) in [6, 6.07) is 7.37. The molecule has 0 unspecified atom stereocenters. The van der Waals surface area contributed by atoms with Crippen LogP contribution in [-0.2, 0) is 0 Å². The fourth-order valence-corrected chi connectivity index (χ4v) is 2.50. The molecule has 0 aliphatic carbocycles. The number of H-pyrrole nitrogens is 1. The van der Waals surface area contributed by atoms with E-state index in [0.717, 1.165) is 0 Å². The second-order valence-corrected chi connectivity index (χ2v) is 5.46. The van der Waals surface area contributed by atoms with Gasteiger partial charge in [-0.1, -0.05) is 23.2 Å². The zero-order chi connectivity index (χ0) is 18.7. The number of nitrogens with zero attached hydrogens (tertiary/aromatic N) is 1. The molecule has 1 aromatic carbocycles. The van der Waals surface area contributed by atoms with E-state index in [2.05, 4.69) is 21.4 Å². The first kappa shape index (κ1) is 17.2. The number of hydrogen-bond acceptors (Lipinski definition) is 4. The number of benzene rings is 1. The van der Waals surface area contributed by atoms with Crippen molar-refractivity contribution in [2.45, 2.75) is 6.92 Å². The van der Waals surface area contributed by atoms with E-state index in [1.165, 1.54) is 24.4 Å². The van der Waals surface area contributed by atoms with E-state index in [4.69, 9.17) is 10.9 Å². The van der Waals surface area contributed by atoms with Gasteiger partial charge in [0.2, 0.25) is 0 Å². The Morgan fingerprint density at radius 1 is 1.38 bits per heavy atom. The molecule has 7 heteroatoms. The van der Waals surface area contributed by atoms with Gasteiger partial charge in [0.05, 0.1) is 12.1 Å². The lowest BCUT2D eigenvalue weighted by molar-refractivity contribution is 0.0954. The van der Waals surface area contributed by atoms with Crippen molar-refractivity contribution >= 4 is 11.7 Å². The highest BCUT2D eigenvalue weighted by Gasteiger charge is 2.25. The number of aromatic nitrogens is 2. The Morgan fingerprint density at radius 3 is 2.88 bits per heavy atom. The molecule has 0 aliphatic heterocycles. The molecule has 1 amide bonds. The number of carbonyl (C=O) groups is 2. The molecule has 0 saturated carbocycles. The first-order chi connectivity index (χ1) is 12.5. The van der Waals surface area contributed by atoms with E-state index >= 15 is 0 Å². The lowest BCUT2D eigenvalue weighted by atomic mass is 9.99. The minimum Gasteiger partial charge on any atom is -0.360 e. The fraction of sp³-hybridized carbons (Fsp3) is 0.105. The highest BCUT2D eigenvalue weighted by molar-refractivity contribution is 6.13. The van der Waals surface area contributed by atoms with Crippen LogP contribution in [0.5, 0.6) is 0 Å². The Kier molecular flexibility index (Phi) is 4.67. The maximum absolute atomic E-state index is 14.1. The predicted octanol–water partition coefficient (Wildman–Crippen LogP) is 2.71. The third-order valence-corrected chi connectivity index (χ3v) is 3.76. The topological polar surface area (TPSA) is 88.0 Å². The monoisotopic (exact) mass is 351 g/mol. The summed E-state index contributed by atoms with van der Waals surface area (Å²) < 4.78 is 19.2. The number of aromatic amines is 1. The third kappa shape index (κ3) is 3.13. The van der Waals surface area contributed by atoms with E-state index < -0.39 is 17.5 Å². The van der Waals surface area contributed by atoms with Crippen LogP contribution >= 0.6 is 0 Å². The van der Waals surface area contributed by atoms with Gasteiger partial charge in [0.25, 0.3) is 5.91 Å². The lowest BCUT2D eigenvalue weighted by Gasteiger charge is -2.02. The fourth-order valence-electron chi connectivity index (χ4n) is 2.50. The molecule has 2 N–H and O–H groups in total. The molecule has 2 aromatic heterocycles. The number of amides is 1. The molecule has 0 saturated heterocycles. The normalized spacial score (nSPS) is 10.3. The van der Waals surface area contributed by atoms with Gasteiger partial charge >= 0.3 is 0 Å². The van der Waals surface area contributed by atoms with E-state index in [1.54, 1.807) is 19.1 Å². The van der Waals surface area contributed by atoms with Crippen LogP contribution in [0.4, 0.5) is 4.39 Å². The van der Waals surface area contributed by atoms with Crippen molar-refractivity contribution in [3.05, 3.63) is 64.9 Å². The van der Waals surface area contributed by atoms with Gasteiger partial charge in [-0.15, -0.1) is 6.42 Å². The second kappa shape index (κ2) is 7.07. The van der Waals surface area contributed by atoms with Crippen LogP contribution in [0.25, 0.3) is 11.3 Å². The van der Waals surface area contributed by atoms with Crippen molar-refractivity contribution < 1.29 is 18.5 Å². The highest BCUT2D eigenvalue weighted by Crippen LogP contribution is 2.29. The maximum atomic E-state index is 14.1. The molecule has 26 heavy (non-hydrogen) atoms. The Balaban J connectivity index is 1.96. The van der Waals surface area contributed by atoms with Gasteiger partial charge in [-0.25, -0.2) is 4.39 Å². The van der Waals surface area contributed by atoms with Crippen LogP contribution in [0.15, 0.2) is 41.1 Å². The van der Waals surface area contributed by atoms with E-state index in [9.17, 15) is 14.0 Å². The summed E-state index contributed by atoms with van der Waals surface area (Å²) in [7, 11) is 0. The van der Waals surface area contributed by atoms with Crippen molar-refractivity contribution in [3.8, 4) is 23.6 Å². The van der Waals surface area contributed by atoms with Crippen LogP contribution in [0.1, 0.15) is 32.2 Å². The second-order valence-electron chi connectivity index (χ2n) is 5.46. The van der Waals surface area contributed by atoms with Crippen molar-refractivity contribution in [2.24, 2.45) is 0 Å². The molecule has 0 atom stereocenters. The van der Waals surface area contributed by atoms with Gasteiger partial charge in [0.15, 0.2) is 5.78 Å². The molecule has 3 aromatic rings. The van der Waals surface area contributed by atoms with Gasteiger partial charge in [-0.05, 0) is 25.1 Å². The van der Waals surface area contributed by atoms with Crippen LogP contribution < -0.4 is 5.32 Å². The Hall–Kier alpha value is -3.66. The Morgan fingerprint density at radius 2 is 2.15 bits per heavy atom. The minimum absolute atomic E-state index is 0.0727. The average Bonchev–Trinajstić information content (AvgIpc) is 3.27. The number of terminal acetylenes is 1. The van der Waals surface area contributed by atoms with Gasteiger partial charge in [0.1, 0.15) is 23.0 Å². The molecule has 3 rings (SSSR count). The lowest BCUT2D eigenvalue weighted by Crippen LogP contribution is -2.23. The molecule has 6 nitrogen and oxygen atoms in total. The first-order valence-electron chi connectivity index (χ1n) is 7.69. The summed E-state index contributed by atoms with van der Waals surface area (Å²) in [6.45, 7) is 1.64. The van der Waals surface area contributed by atoms with Gasteiger partial charge < -0.3 is 14.8 Å². The van der Waals surface area contributed by atoms with Gasteiger partial charge in [-0.3, -0.25) is 9.59 Å². The summed E-state index contributed by atoms with van der Waals surface area (Å²) in [5, 5.41) is 6.32. The number of aryl methyl sites for hydroxylation is 1. The first-order valence-corrected chi connectivity index (χ1v) is 7.69. The number of carbonyl (C=O) groups excluding carboxylic acids is 2. The molecule has 0 spiro atoms. The molecule has 130 valence electrons.